The highest BCUT2D eigenvalue weighted by Crippen LogP contribution is 2.33. The van der Waals surface area contributed by atoms with Gasteiger partial charge in [-0.05, 0) is 37.0 Å². The molecule has 4 heteroatoms. The van der Waals surface area contributed by atoms with E-state index in [1.165, 1.54) is 6.42 Å². The number of likely N-dealkylation sites (tertiary alicyclic amines) is 1. The van der Waals surface area contributed by atoms with Gasteiger partial charge in [0.2, 0.25) is 5.91 Å². The maximum atomic E-state index is 12.3. The molecule has 19 heavy (non-hydrogen) atoms. The molecule has 1 saturated heterocycles. The van der Waals surface area contributed by atoms with Gasteiger partial charge in [-0.15, -0.1) is 0 Å². The molecule has 108 valence electrons. The van der Waals surface area contributed by atoms with Gasteiger partial charge in [0.15, 0.2) is 0 Å². The van der Waals surface area contributed by atoms with Crippen LogP contribution in [0, 0.1) is 23.7 Å². The molecule has 1 aliphatic heterocycles. The average molecular weight is 267 g/mol. The van der Waals surface area contributed by atoms with Crippen molar-refractivity contribution in [1.82, 2.24) is 4.90 Å². The topological polar surface area (TPSA) is 57.6 Å². The normalized spacial score (nSPS) is 35.4. The molecule has 1 N–H and O–H groups in total. The van der Waals surface area contributed by atoms with Crippen molar-refractivity contribution in [3.8, 4) is 0 Å². The van der Waals surface area contributed by atoms with Gasteiger partial charge in [0.1, 0.15) is 0 Å². The molecule has 0 spiro atoms. The summed E-state index contributed by atoms with van der Waals surface area (Å²) in [4.78, 5) is 25.2. The summed E-state index contributed by atoms with van der Waals surface area (Å²) in [6, 6.07) is 0. The van der Waals surface area contributed by atoms with Crippen molar-refractivity contribution in [2.45, 2.75) is 46.0 Å². The standard InChI is InChI=1S/C15H25NO3/c1-10-3-4-12(5-10)7-14(17)16-8-11(2)6-13(9-16)15(18)19/h10-13H,3-9H2,1-2H3,(H,18,19). The Balaban J connectivity index is 1.89. The number of carbonyl (C=O) groups is 2. The van der Waals surface area contributed by atoms with Gasteiger partial charge in [0.25, 0.3) is 0 Å². The van der Waals surface area contributed by atoms with E-state index in [2.05, 4.69) is 6.92 Å². The van der Waals surface area contributed by atoms with Gasteiger partial charge in [-0.3, -0.25) is 9.59 Å². The van der Waals surface area contributed by atoms with Crippen molar-refractivity contribution in [2.75, 3.05) is 13.1 Å². The van der Waals surface area contributed by atoms with Gasteiger partial charge in [0, 0.05) is 19.5 Å². The number of carboxylic acids is 1. The Bertz CT molecular complexity index is 355. The number of rotatable bonds is 3. The second-order valence-corrected chi connectivity index (χ2v) is 6.66. The molecule has 2 aliphatic rings. The molecule has 0 aromatic carbocycles. The molecular formula is C15H25NO3. The van der Waals surface area contributed by atoms with Gasteiger partial charge in [-0.2, -0.15) is 0 Å². The summed E-state index contributed by atoms with van der Waals surface area (Å²) in [6.07, 6.45) is 4.84. The van der Waals surface area contributed by atoms with Gasteiger partial charge in [-0.25, -0.2) is 0 Å². The highest BCUT2D eigenvalue weighted by atomic mass is 16.4. The van der Waals surface area contributed by atoms with Crippen LogP contribution in [0.3, 0.4) is 0 Å². The molecule has 0 bridgehead atoms. The molecule has 0 radical (unpaired) electrons. The molecule has 2 fully saturated rings. The van der Waals surface area contributed by atoms with E-state index >= 15 is 0 Å². The van der Waals surface area contributed by atoms with E-state index in [0.717, 1.165) is 25.3 Å². The number of hydrogen-bond donors (Lipinski definition) is 1. The summed E-state index contributed by atoms with van der Waals surface area (Å²) in [6.45, 7) is 5.41. The van der Waals surface area contributed by atoms with E-state index in [4.69, 9.17) is 5.11 Å². The quantitative estimate of drug-likeness (QED) is 0.854. The lowest BCUT2D eigenvalue weighted by atomic mass is 9.90. The molecule has 0 aromatic heterocycles. The zero-order valence-electron chi connectivity index (χ0n) is 12.0. The van der Waals surface area contributed by atoms with Crippen molar-refractivity contribution in [2.24, 2.45) is 23.7 Å². The van der Waals surface area contributed by atoms with E-state index < -0.39 is 5.97 Å². The molecule has 4 unspecified atom stereocenters. The third kappa shape index (κ3) is 3.71. The van der Waals surface area contributed by atoms with Gasteiger partial charge < -0.3 is 10.0 Å². The van der Waals surface area contributed by atoms with E-state index in [1.807, 2.05) is 6.92 Å². The highest BCUT2D eigenvalue weighted by Gasteiger charge is 2.33. The van der Waals surface area contributed by atoms with Gasteiger partial charge >= 0.3 is 5.97 Å². The van der Waals surface area contributed by atoms with Crippen LogP contribution in [0.1, 0.15) is 46.0 Å². The molecule has 1 heterocycles. The first kappa shape index (κ1) is 14.4. The average Bonchev–Trinajstić information content (AvgIpc) is 2.73. The molecule has 1 aliphatic carbocycles. The van der Waals surface area contributed by atoms with Crippen molar-refractivity contribution < 1.29 is 14.7 Å². The number of carboxylic acid groups (broad SMARTS) is 1. The second kappa shape index (κ2) is 5.93. The lowest BCUT2D eigenvalue weighted by molar-refractivity contribution is -0.147. The van der Waals surface area contributed by atoms with Crippen LogP contribution in [-0.4, -0.2) is 35.0 Å². The maximum absolute atomic E-state index is 12.3. The van der Waals surface area contributed by atoms with Crippen LogP contribution in [0.25, 0.3) is 0 Å². The minimum atomic E-state index is -0.765. The smallest absolute Gasteiger partial charge is 0.308 e. The van der Waals surface area contributed by atoms with E-state index in [0.29, 0.717) is 31.2 Å². The maximum Gasteiger partial charge on any atom is 0.308 e. The SMILES string of the molecule is CC1CCC(CC(=O)N2CC(C)CC(C(=O)O)C2)C1. The summed E-state index contributed by atoms with van der Waals surface area (Å²) in [5.74, 6) is 0.570. The number of piperidine rings is 1. The predicted octanol–water partition coefficient (Wildman–Crippen LogP) is 2.38. The largest absolute Gasteiger partial charge is 0.481 e. The van der Waals surface area contributed by atoms with Crippen LogP contribution in [-0.2, 0) is 9.59 Å². The number of carbonyl (C=O) groups excluding carboxylic acids is 1. The molecular weight excluding hydrogens is 242 g/mol. The Morgan fingerprint density at radius 3 is 2.42 bits per heavy atom. The summed E-state index contributed by atoms with van der Waals surface area (Å²) in [5.41, 5.74) is 0. The predicted molar refractivity (Wildman–Crippen MR) is 72.6 cm³/mol. The molecule has 2 rings (SSSR count). The summed E-state index contributed by atoms with van der Waals surface area (Å²) in [7, 11) is 0. The van der Waals surface area contributed by atoms with Crippen LogP contribution in [0.15, 0.2) is 0 Å². The van der Waals surface area contributed by atoms with Crippen LogP contribution >= 0.6 is 0 Å². The van der Waals surface area contributed by atoms with Crippen LogP contribution in [0.2, 0.25) is 0 Å². The third-order valence-electron chi connectivity index (χ3n) is 4.63. The van der Waals surface area contributed by atoms with E-state index in [-0.39, 0.29) is 11.8 Å². The minimum Gasteiger partial charge on any atom is -0.481 e. The zero-order chi connectivity index (χ0) is 14.0. The van der Waals surface area contributed by atoms with E-state index in [1.54, 1.807) is 4.90 Å². The van der Waals surface area contributed by atoms with Crippen molar-refractivity contribution >= 4 is 11.9 Å². The number of hydrogen-bond acceptors (Lipinski definition) is 2. The Morgan fingerprint density at radius 1 is 1.11 bits per heavy atom. The summed E-state index contributed by atoms with van der Waals surface area (Å²) < 4.78 is 0. The van der Waals surface area contributed by atoms with Crippen LogP contribution < -0.4 is 0 Å². The zero-order valence-corrected chi connectivity index (χ0v) is 12.0. The number of aliphatic carboxylic acids is 1. The van der Waals surface area contributed by atoms with Crippen molar-refractivity contribution in [1.29, 1.82) is 0 Å². The number of nitrogens with zero attached hydrogens (tertiary/aromatic N) is 1. The minimum absolute atomic E-state index is 0.164. The van der Waals surface area contributed by atoms with Crippen LogP contribution in [0.5, 0.6) is 0 Å². The highest BCUT2D eigenvalue weighted by molar-refractivity contribution is 5.78. The molecule has 1 amide bonds. The fourth-order valence-corrected chi connectivity index (χ4v) is 3.62. The van der Waals surface area contributed by atoms with E-state index in [9.17, 15) is 9.59 Å². The third-order valence-corrected chi connectivity index (χ3v) is 4.63. The summed E-state index contributed by atoms with van der Waals surface area (Å²) in [5, 5.41) is 9.14. The Morgan fingerprint density at radius 2 is 1.84 bits per heavy atom. The first-order valence-electron chi connectivity index (χ1n) is 7.46. The Labute approximate surface area is 115 Å². The summed E-state index contributed by atoms with van der Waals surface area (Å²) >= 11 is 0. The van der Waals surface area contributed by atoms with Crippen molar-refractivity contribution in [3.63, 3.8) is 0 Å². The first-order chi connectivity index (χ1) is 8.95. The Kier molecular flexibility index (Phi) is 4.48. The first-order valence-corrected chi connectivity index (χ1v) is 7.46. The van der Waals surface area contributed by atoms with Crippen molar-refractivity contribution in [3.05, 3.63) is 0 Å². The molecule has 4 nitrogen and oxygen atoms in total. The number of amides is 1. The fourth-order valence-electron chi connectivity index (χ4n) is 3.62. The second-order valence-electron chi connectivity index (χ2n) is 6.66. The van der Waals surface area contributed by atoms with Gasteiger partial charge in [-0.1, -0.05) is 20.3 Å². The molecule has 0 aromatic rings. The van der Waals surface area contributed by atoms with Crippen LogP contribution in [0.4, 0.5) is 0 Å². The Hall–Kier alpha value is -1.06. The molecule has 4 atom stereocenters. The molecule has 1 saturated carbocycles. The monoisotopic (exact) mass is 267 g/mol. The lowest BCUT2D eigenvalue weighted by Gasteiger charge is -2.35. The fraction of sp³-hybridized carbons (Fsp3) is 0.867. The lowest BCUT2D eigenvalue weighted by Crippen LogP contribution is -2.45. The van der Waals surface area contributed by atoms with Gasteiger partial charge in [0.05, 0.1) is 5.92 Å².